The lowest BCUT2D eigenvalue weighted by Crippen LogP contribution is -2.50. The second kappa shape index (κ2) is 10.8. The average molecular weight is 516 g/mol. The van der Waals surface area contributed by atoms with Crippen molar-refractivity contribution in [2.75, 3.05) is 33.2 Å². The van der Waals surface area contributed by atoms with Crippen LogP contribution in [0.1, 0.15) is 57.1 Å². The predicted octanol–water partition coefficient (Wildman–Crippen LogP) is 2.57. The SMILES string of the molecule is COc1cc2nc(c1F)OCCCOC(=O)N1[C@H](C)C[C@H](NS(C)(=O)=O)[C@@H]1COC1CCC2CC1. The Balaban J connectivity index is 1.55. The van der Waals surface area contributed by atoms with E-state index in [2.05, 4.69) is 9.71 Å². The summed E-state index contributed by atoms with van der Waals surface area (Å²) in [6.45, 7) is 2.24. The van der Waals surface area contributed by atoms with Gasteiger partial charge >= 0.3 is 6.09 Å². The average Bonchev–Trinajstić information content (AvgIpc) is 3.11. The summed E-state index contributed by atoms with van der Waals surface area (Å²) in [6, 6.07) is 0.461. The fourth-order valence-electron chi connectivity index (χ4n) is 5.25. The van der Waals surface area contributed by atoms with E-state index in [4.69, 9.17) is 18.9 Å². The number of hydrogen-bond acceptors (Lipinski definition) is 8. The highest BCUT2D eigenvalue weighted by atomic mass is 32.2. The Labute approximate surface area is 205 Å². The van der Waals surface area contributed by atoms with E-state index in [-0.39, 0.29) is 49.5 Å². The van der Waals surface area contributed by atoms with Crippen molar-refractivity contribution >= 4 is 16.1 Å². The molecule has 0 radical (unpaired) electrons. The molecule has 1 saturated heterocycles. The minimum Gasteiger partial charge on any atom is -0.493 e. The van der Waals surface area contributed by atoms with Crippen LogP contribution in [0, 0.1) is 5.82 Å². The third-order valence-electron chi connectivity index (χ3n) is 6.95. The third-order valence-corrected chi connectivity index (χ3v) is 7.68. The minimum atomic E-state index is -3.47. The van der Waals surface area contributed by atoms with Crippen LogP contribution in [0.15, 0.2) is 6.07 Å². The van der Waals surface area contributed by atoms with Gasteiger partial charge < -0.3 is 18.9 Å². The molecule has 1 aromatic rings. The van der Waals surface area contributed by atoms with Gasteiger partial charge in [-0.05, 0) is 39.0 Å². The van der Waals surface area contributed by atoms with Crippen molar-refractivity contribution in [2.24, 2.45) is 0 Å². The summed E-state index contributed by atoms with van der Waals surface area (Å²) in [5.41, 5.74) is 0.723. The number of pyridine rings is 1. The van der Waals surface area contributed by atoms with E-state index in [1.165, 1.54) is 7.11 Å². The van der Waals surface area contributed by atoms with Crippen LogP contribution in [0.3, 0.4) is 0 Å². The van der Waals surface area contributed by atoms with Crippen molar-refractivity contribution in [1.29, 1.82) is 0 Å². The van der Waals surface area contributed by atoms with Gasteiger partial charge in [0.25, 0.3) is 5.88 Å². The second-order valence-electron chi connectivity index (χ2n) is 9.55. The molecule has 5 rings (SSSR count). The molecule has 4 bridgehead atoms. The molecule has 1 aromatic heterocycles. The monoisotopic (exact) mass is 515 g/mol. The van der Waals surface area contributed by atoms with Crippen molar-refractivity contribution in [3.05, 3.63) is 17.6 Å². The van der Waals surface area contributed by atoms with E-state index in [0.717, 1.165) is 37.6 Å². The highest BCUT2D eigenvalue weighted by Crippen LogP contribution is 2.37. The van der Waals surface area contributed by atoms with E-state index < -0.39 is 34.0 Å². The van der Waals surface area contributed by atoms with Crippen LogP contribution in [0.25, 0.3) is 0 Å². The molecular weight excluding hydrogens is 481 g/mol. The number of carbonyl (C=O) groups is 1. The number of methoxy groups -OCH3 is 1. The summed E-state index contributed by atoms with van der Waals surface area (Å²) >= 11 is 0. The number of carbonyl (C=O) groups excluding carboxylic acids is 1. The molecule has 0 spiro atoms. The molecule has 3 atom stereocenters. The number of fused-ring (bicyclic) bond motifs is 8. The summed E-state index contributed by atoms with van der Waals surface area (Å²) in [6.07, 6.45) is 4.45. The maximum absolute atomic E-state index is 14.7. The minimum absolute atomic E-state index is 0.0346. The maximum atomic E-state index is 14.7. The smallest absolute Gasteiger partial charge is 0.410 e. The normalized spacial score (nSPS) is 30.2. The molecule has 1 saturated carbocycles. The number of nitrogens with one attached hydrogen (secondary N) is 1. The number of aromatic nitrogens is 1. The van der Waals surface area contributed by atoms with Gasteiger partial charge in [0.2, 0.25) is 15.8 Å². The molecule has 4 heterocycles. The Morgan fingerprint density at radius 2 is 1.91 bits per heavy atom. The van der Waals surface area contributed by atoms with Crippen LogP contribution in [0.5, 0.6) is 11.6 Å². The molecule has 2 fully saturated rings. The number of amides is 1. The van der Waals surface area contributed by atoms with Crippen LogP contribution in [-0.2, 0) is 19.5 Å². The van der Waals surface area contributed by atoms with Gasteiger partial charge in [0.1, 0.15) is 0 Å². The Morgan fingerprint density at radius 1 is 1.20 bits per heavy atom. The first-order chi connectivity index (χ1) is 16.7. The number of hydrogen-bond donors (Lipinski definition) is 1. The summed E-state index contributed by atoms with van der Waals surface area (Å²) in [4.78, 5) is 18.9. The molecule has 0 unspecified atom stereocenters. The number of nitrogens with zero attached hydrogens (tertiary/aromatic N) is 2. The lowest BCUT2D eigenvalue weighted by molar-refractivity contribution is -0.0107. The maximum Gasteiger partial charge on any atom is 0.410 e. The number of sulfonamides is 1. The zero-order valence-corrected chi connectivity index (χ0v) is 21.2. The summed E-state index contributed by atoms with van der Waals surface area (Å²) in [5, 5.41) is 0. The topological polar surface area (TPSA) is 116 Å². The molecule has 1 N–H and O–H groups in total. The van der Waals surface area contributed by atoms with Crippen molar-refractivity contribution in [2.45, 2.75) is 75.6 Å². The lowest BCUT2D eigenvalue weighted by atomic mass is 9.85. The molecule has 10 nitrogen and oxygen atoms in total. The van der Waals surface area contributed by atoms with E-state index in [0.29, 0.717) is 12.8 Å². The largest absolute Gasteiger partial charge is 0.493 e. The highest BCUT2D eigenvalue weighted by Gasteiger charge is 2.44. The number of rotatable bonds is 3. The molecule has 1 aliphatic carbocycles. The summed E-state index contributed by atoms with van der Waals surface area (Å²) in [5.74, 6) is -0.556. The fourth-order valence-corrected chi connectivity index (χ4v) is 6.05. The predicted molar refractivity (Wildman–Crippen MR) is 125 cm³/mol. The molecular formula is C23H34FN3O7S. The zero-order valence-electron chi connectivity index (χ0n) is 20.4. The first-order valence-electron chi connectivity index (χ1n) is 12.1. The molecule has 12 heteroatoms. The molecule has 4 aliphatic rings. The summed E-state index contributed by atoms with van der Waals surface area (Å²) < 4.78 is 63.7. The Hall–Kier alpha value is -2.18. The van der Waals surface area contributed by atoms with Gasteiger partial charge in [-0.3, -0.25) is 4.90 Å². The van der Waals surface area contributed by atoms with Crippen LogP contribution >= 0.6 is 0 Å². The molecule has 196 valence electrons. The van der Waals surface area contributed by atoms with Gasteiger partial charge in [-0.2, -0.15) is 4.39 Å². The Kier molecular flexibility index (Phi) is 8.02. The number of halogens is 1. The number of ether oxygens (including phenoxy) is 4. The van der Waals surface area contributed by atoms with Crippen molar-refractivity contribution in [1.82, 2.24) is 14.6 Å². The summed E-state index contributed by atoms with van der Waals surface area (Å²) in [7, 11) is -2.06. The molecule has 0 aromatic carbocycles. The third kappa shape index (κ3) is 6.15. The molecule has 3 aliphatic heterocycles. The van der Waals surface area contributed by atoms with Crippen molar-refractivity contribution in [3.63, 3.8) is 0 Å². The molecule has 35 heavy (non-hydrogen) atoms. The Morgan fingerprint density at radius 3 is 2.60 bits per heavy atom. The van der Waals surface area contributed by atoms with Gasteiger partial charge in [-0.25, -0.2) is 22.9 Å². The van der Waals surface area contributed by atoms with E-state index in [9.17, 15) is 17.6 Å². The highest BCUT2D eigenvalue weighted by molar-refractivity contribution is 7.88. The van der Waals surface area contributed by atoms with Gasteiger partial charge in [-0.15, -0.1) is 0 Å². The van der Waals surface area contributed by atoms with E-state index in [1.807, 2.05) is 6.92 Å². The van der Waals surface area contributed by atoms with Crippen molar-refractivity contribution in [3.8, 4) is 11.6 Å². The second-order valence-corrected chi connectivity index (χ2v) is 11.3. The first kappa shape index (κ1) is 25.9. The first-order valence-corrected chi connectivity index (χ1v) is 14.0. The Bertz CT molecular complexity index is 1020. The van der Waals surface area contributed by atoms with Crippen LogP contribution < -0.4 is 14.2 Å². The lowest BCUT2D eigenvalue weighted by Gasteiger charge is -2.33. The van der Waals surface area contributed by atoms with Gasteiger partial charge in [0.15, 0.2) is 5.75 Å². The fraction of sp³-hybridized carbons (Fsp3) is 0.739. The quantitative estimate of drug-likeness (QED) is 0.653. The van der Waals surface area contributed by atoms with Crippen molar-refractivity contribution < 1.29 is 36.6 Å². The zero-order chi connectivity index (χ0) is 25.2. The van der Waals surface area contributed by atoms with Crippen LogP contribution in [-0.4, -0.2) is 81.8 Å². The standard InChI is InChI=1S/C23H34FN3O7S/c1-14-11-18(26-35(3,29)30)19-13-34-16-7-5-15(6-8-16)17-12-20(31-2)21(24)22(25-17)32-9-4-10-33-23(28)27(14)19/h12,14-16,18-19,26H,4-11,13H2,1-3H3/t14-,15?,16?,18+,19+/m1/s1. The van der Waals surface area contributed by atoms with Gasteiger partial charge in [0, 0.05) is 30.5 Å². The van der Waals surface area contributed by atoms with Crippen LogP contribution in [0.4, 0.5) is 9.18 Å². The van der Waals surface area contributed by atoms with Gasteiger partial charge in [0.05, 0.1) is 51.0 Å². The molecule has 1 amide bonds. The van der Waals surface area contributed by atoms with E-state index >= 15 is 0 Å². The van der Waals surface area contributed by atoms with Gasteiger partial charge in [-0.1, -0.05) is 0 Å². The van der Waals surface area contributed by atoms with E-state index in [1.54, 1.807) is 11.0 Å². The van der Waals surface area contributed by atoms with Crippen LogP contribution in [0.2, 0.25) is 0 Å².